The molecular formula is C26H30N4O4+2. The summed E-state index contributed by atoms with van der Waals surface area (Å²) in [6, 6.07) is 6.15. The monoisotopic (exact) mass is 462 g/mol. The van der Waals surface area contributed by atoms with E-state index in [1.165, 1.54) is 9.80 Å². The number of amides is 4. The molecule has 4 amide bonds. The summed E-state index contributed by atoms with van der Waals surface area (Å²) in [6.07, 6.45) is 7.29. The molecule has 0 spiro atoms. The lowest BCUT2D eigenvalue weighted by atomic mass is 9.82. The quantitative estimate of drug-likeness (QED) is 0.648. The molecule has 2 heterocycles. The molecule has 176 valence electrons. The summed E-state index contributed by atoms with van der Waals surface area (Å²) in [5.41, 5.74) is 9.96. The zero-order valence-corrected chi connectivity index (χ0v) is 19.2. The van der Waals surface area contributed by atoms with Crippen LogP contribution < -0.4 is 11.5 Å². The average Bonchev–Trinajstić information content (AvgIpc) is 2.83. The van der Waals surface area contributed by atoms with E-state index in [2.05, 4.69) is 11.5 Å². The number of hydrogen-bond donors (Lipinski definition) is 2. The highest BCUT2D eigenvalue weighted by atomic mass is 16.2. The maximum atomic E-state index is 13.6. The third kappa shape index (κ3) is 2.85. The van der Waals surface area contributed by atoms with Crippen LogP contribution in [-0.2, 0) is 0 Å². The number of hydrogen-bond acceptors (Lipinski definition) is 4. The van der Waals surface area contributed by atoms with Crippen molar-refractivity contribution in [3.63, 3.8) is 0 Å². The van der Waals surface area contributed by atoms with E-state index in [4.69, 9.17) is 0 Å². The first-order valence-corrected chi connectivity index (χ1v) is 12.4. The van der Waals surface area contributed by atoms with Crippen LogP contribution in [0.25, 0.3) is 10.8 Å². The van der Waals surface area contributed by atoms with E-state index >= 15 is 0 Å². The van der Waals surface area contributed by atoms with Crippen LogP contribution >= 0.6 is 0 Å². The first kappa shape index (κ1) is 21.4. The second-order valence-electron chi connectivity index (χ2n) is 10.3. The Kier molecular flexibility index (Phi) is 4.86. The van der Waals surface area contributed by atoms with Crippen molar-refractivity contribution in [3.8, 4) is 0 Å². The van der Waals surface area contributed by atoms with Crippen LogP contribution in [0.15, 0.2) is 24.3 Å². The minimum absolute atomic E-state index is 0.000994. The molecule has 6 N–H and O–H groups in total. The molecule has 2 aliphatic carbocycles. The van der Waals surface area contributed by atoms with Crippen LogP contribution in [0.2, 0.25) is 0 Å². The van der Waals surface area contributed by atoms with Crippen molar-refractivity contribution in [2.75, 3.05) is 0 Å². The van der Waals surface area contributed by atoms with Crippen molar-refractivity contribution in [1.29, 1.82) is 0 Å². The summed E-state index contributed by atoms with van der Waals surface area (Å²) in [5.74, 6) is -1.41. The summed E-state index contributed by atoms with van der Waals surface area (Å²) in [6.45, 7) is 0. The molecule has 2 aliphatic heterocycles. The lowest BCUT2D eigenvalue weighted by Crippen LogP contribution is -2.72. The second kappa shape index (κ2) is 7.71. The van der Waals surface area contributed by atoms with Crippen LogP contribution in [0.5, 0.6) is 0 Å². The Hall–Kier alpha value is -3.10. The lowest BCUT2D eigenvalue weighted by molar-refractivity contribution is -0.434. The highest BCUT2D eigenvalue weighted by Crippen LogP contribution is 2.40. The molecule has 0 unspecified atom stereocenters. The van der Waals surface area contributed by atoms with Crippen molar-refractivity contribution in [3.05, 3.63) is 46.5 Å². The molecule has 0 aromatic heterocycles. The second-order valence-corrected chi connectivity index (χ2v) is 10.3. The fourth-order valence-electron chi connectivity index (χ4n) is 6.57. The van der Waals surface area contributed by atoms with Gasteiger partial charge < -0.3 is 11.5 Å². The topological polar surface area (TPSA) is 130 Å². The number of rotatable bonds is 2. The van der Waals surface area contributed by atoms with E-state index < -0.39 is 0 Å². The smallest absolute Gasteiger partial charge is 0.261 e. The number of quaternary nitrogens is 2. The van der Waals surface area contributed by atoms with E-state index in [-0.39, 0.29) is 47.8 Å². The van der Waals surface area contributed by atoms with Gasteiger partial charge in [-0.2, -0.15) is 0 Å². The van der Waals surface area contributed by atoms with Gasteiger partial charge in [0.2, 0.25) is 0 Å². The highest BCUT2D eigenvalue weighted by molar-refractivity contribution is 6.33. The molecule has 2 aromatic carbocycles. The summed E-state index contributed by atoms with van der Waals surface area (Å²) >= 11 is 0. The highest BCUT2D eigenvalue weighted by Gasteiger charge is 2.46. The van der Waals surface area contributed by atoms with Gasteiger partial charge in [0.25, 0.3) is 23.6 Å². The average molecular weight is 463 g/mol. The van der Waals surface area contributed by atoms with Crippen molar-refractivity contribution in [2.45, 2.75) is 75.5 Å². The molecule has 0 bridgehead atoms. The third-order valence-corrected chi connectivity index (χ3v) is 8.36. The molecule has 2 aromatic rings. The van der Waals surface area contributed by atoms with Gasteiger partial charge in [0, 0.05) is 45.9 Å². The molecule has 8 heteroatoms. The fourth-order valence-corrected chi connectivity index (χ4v) is 6.57. The van der Waals surface area contributed by atoms with Gasteiger partial charge in [-0.3, -0.25) is 29.0 Å². The van der Waals surface area contributed by atoms with Crippen molar-refractivity contribution >= 4 is 34.4 Å². The summed E-state index contributed by atoms with van der Waals surface area (Å²) in [5, 5.41) is 0.877. The number of nitrogens with zero attached hydrogens (tertiary/aromatic N) is 2. The van der Waals surface area contributed by atoms with E-state index in [0.717, 1.165) is 51.4 Å². The van der Waals surface area contributed by atoms with Gasteiger partial charge in [-0.05, 0) is 49.9 Å². The minimum Gasteiger partial charge on any atom is -0.353 e. The largest absolute Gasteiger partial charge is 0.353 e. The molecule has 6 rings (SSSR count). The Morgan fingerprint density at radius 2 is 0.824 bits per heavy atom. The summed E-state index contributed by atoms with van der Waals surface area (Å²) < 4.78 is 0. The Morgan fingerprint density at radius 3 is 1.12 bits per heavy atom. The molecule has 4 atom stereocenters. The van der Waals surface area contributed by atoms with Crippen molar-refractivity contribution < 1.29 is 30.6 Å². The molecule has 0 saturated heterocycles. The van der Waals surface area contributed by atoms with Crippen LogP contribution in [-0.4, -0.2) is 57.6 Å². The first-order valence-electron chi connectivity index (χ1n) is 12.4. The molecule has 8 nitrogen and oxygen atoms in total. The number of imide groups is 2. The van der Waals surface area contributed by atoms with Crippen LogP contribution in [0, 0.1) is 0 Å². The van der Waals surface area contributed by atoms with Gasteiger partial charge in [0.1, 0.15) is 12.1 Å². The van der Waals surface area contributed by atoms with E-state index in [1.807, 2.05) is 0 Å². The SMILES string of the molecule is [NH3+][C@@H]1CCCC[C@H]1N1C(=O)c2ccc3c4c(ccc(c24)C1=O)C(=O)N([C@@H]1CCCC[C@H]1[NH3+])C3=O. The van der Waals surface area contributed by atoms with Crippen molar-refractivity contribution in [1.82, 2.24) is 9.80 Å². The molecule has 0 radical (unpaired) electrons. The van der Waals surface area contributed by atoms with Crippen LogP contribution in [0.1, 0.15) is 92.8 Å². The fraction of sp³-hybridized carbons (Fsp3) is 0.462. The summed E-state index contributed by atoms with van der Waals surface area (Å²) in [4.78, 5) is 57.1. The van der Waals surface area contributed by atoms with E-state index in [0.29, 0.717) is 33.0 Å². The first-order chi connectivity index (χ1) is 16.4. The zero-order valence-electron chi connectivity index (χ0n) is 19.2. The van der Waals surface area contributed by atoms with Crippen LogP contribution in [0.4, 0.5) is 0 Å². The van der Waals surface area contributed by atoms with Gasteiger partial charge in [-0.1, -0.05) is 12.8 Å². The minimum atomic E-state index is -0.353. The molecule has 2 saturated carbocycles. The van der Waals surface area contributed by atoms with E-state index in [9.17, 15) is 19.2 Å². The summed E-state index contributed by atoms with van der Waals surface area (Å²) in [7, 11) is 0. The predicted molar refractivity (Wildman–Crippen MR) is 123 cm³/mol. The Bertz CT molecular complexity index is 1100. The van der Waals surface area contributed by atoms with E-state index in [1.54, 1.807) is 24.3 Å². The molecule has 34 heavy (non-hydrogen) atoms. The van der Waals surface area contributed by atoms with Gasteiger partial charge in [0.15, 0.2) is 0 Å². The Morgan fingerprint density at radius 1 is 0.529 bits per heavy atom. The van der Waals surface area contributed by atoms with Crippen LogP contribution in [0.3, 0.4) is 0 Å². The molecule has 4 aliphatic rings. The normalized spacial score (nSPS) is 29.2. The Balaban J connectivity index is 1.49. The van der Waals surface area contributed by atoms with Gasteiger partial charge in [-0.25, -0.2) is 0 Å². The number of benzene rings is 2. The maximum Gasteiger partial charge on any atom is 0.261 e. The predicted octanol–water partition coefficient (Wildman–Crippen LogP) is 1.14. The molecular weight excluding hydrogens is 432 g/mol. The van der Waals surface area contributed by atoms with Gasteiger partial charge in [-0.15, -0.1) is 0 Å². The lowest BCUT2D eigenvalue weighted by Gasteiger charge is -2.39. The Labute approximate surface area is 197 Å². The molecule has 2 fully saturated rings. The third-order valence-electron chi connectivity index (χ3n) is 8.36. The van der Waals surface area contributed by atoms with Gasteiger partial charge in [0.05, 0.1) is 12.1 Å². The van der Waals surface area contributed by atoms with Gasteiger partial charge >= 0.3 is 0 Å². The number of carbonyl (C=O) groups excluding carboxylic acids is 4. The maximum absolute atomic E-state index is 13.6. The zero-order chi connectivity index (χ0) is 23.7. The van der Waals surface area contributed by atoms with Crippen molar-refractivity contribution in [2.24, 2.45) is 0 Å². The standard InChI is InChI=1S/C26H28N4O4/c27-17-5-1-3-7-19(17)29-23(31)13-9-11-15-22-16(12-10-14(21(13)22)24(29)32)26(34)30(25(15)33)20-8-4-2-6-18(20)28/h9-12,17-20H,1-8,27-28H2/p+2/t17-,18-,19-,20-/m1/s1. The number of carbonyl (C=O) groups is 4.